The maximum atomic E-state index is 12.7. The Labute approximate surface area is 188 Å². The van der Waals surface area contributed by atoms with Crippen LogP contribution in [0.1, 0.15) is 34.3 Å². The second-order valence-corrected chi connectivity index (χ2v) is 9.70. The number of hydrogen-bond donors (Lipinski definition) is 2. The van der Waals surface area contributed by atoms with Gasteiger partial charge in [0.15, 0.2) is 0 Å². The summed E-state index contributed by atoms with van der Waals surface area (Å²) in [6, 6.07) is 10.1. The molecule has 2 aromatic rings. The zero-order valence-electron chi connectivity index (χ0n) is 17.6. The van der Waals surface area contributed by atoms with Crippen LogP contribution >= 0.6 is 11.6 Å². The molecule has 2 N–H and O–H groups in total. The number of amides is 1. The van der Waals surface area contributed by atoms with Gasteiger partial charge in [-0.1, -0.05) is 17.7 Å². The van der Waals surface area contributed by atoms with Crippen molar-refractivity contribution in [2.75, 3.05) is 26.3 Å². The molecule has 9 heteroatoms. The third-order valence-electron chi connectivity index (χ3n) is 4.86. The number of benzene rings is 2. The Bertz CT molecular complexity index is 1020. The third-order valence-corrected chi connectivity index (χ3v) is 6.76. The van der Waals surface area contributed by atoms with Crippen molar-refractivity contribution in [3.63, 3.8) is 0 Å². The first kappa shape index (κ1) is 23.5. The van der Waals surface area contributed by atoms with E-state index >= 15 is 0 Å². The molecular formula is C22H27ClN2O5S. The standard InChI is InChI=1S/C22H27ClN2O5S/c1-15-10-16(2)12-19(11-15)30-9-7-24-22(26)17-5-6-20(23)21(13-17)31(27,28)25-14-18-4-3-8-29-18/h5-6,10-13,18,25H,3-4,7-9,14H2,1-2H3,(H,24,26). The molecule has 1 saturated heterocycles. The van der Waals surface area contributed by atoms with Crippen molar-refractivity contribution in [3.05, 3.63) is 58.1 Å². The highest BCUT2D eigenvalue weighted by atomic mass is 35.5. The van der Waals surface area contributed by atoms with Crippen LogP contribution in [0.15, 0.2) is 41.3 Å². The van der Waals surface area contributed by atoms with E-state index in [9.17, 15) is 13.2 Å². The van der Waals surface area contributed by atoms with Crippen LogP contribution < -0.4 is 14.8 Å². The zero-order chi connectivity index (χ0) is 22.4. The van der Waals surface area contributed by atoms with Crippen molar-refractivity contribution in [2.24, 2.45) is 0 Å². The molecule has 1 fully saturated rings. The van der Waals surface area contributed by atoms with Gasteiger partial charge in [-0.15, -0.1) is 0 Å². The fraction of sp³-hybridized carbons (Fsp3) is 0.409. The predicted molar refractivity (Wildman–Crippen MR) is 119 cm³/mol. The normalized spacial score (nSPS) is 16.3. The summed E-state index contributed by atoms with van der Waals surface area (Å²) in [4.78, 5) is 12.3. The zero-order valence-corrected chi connectivity index (χ0v) is 19.2. The van der Waals surface area contributed by atoms with Gasteiger partial charge < -0.3 is 14.8 Å². The van der Waals surface area contributed by atoms with Gasteiger partial charge in [0.2, 0.25) is 10.0 Å². The van der Waals surface area contributed by atoms with Crippen molar-refractivity contribution >= 4 is 27.5 Å². The lowest BCUT2D eigenvalue weighted by Gasteiger charge is -2.13. The number of carbonyl (C=O) groups is 1. The molecule has 0 radical (unpaired) electrons. The first-order chi connectivity index (χ1) is 14.7. The van der Waals surface area contributed by atoms with Crippen molar-refractivity contribution in [2.45, 2.75) is 37.7 Å². The highest BCUT2D eigenvalue weighted by Crippen LogP contribution is 2.23. The van der Waals surface area contributed by atoms with Crippen LogP contribution in [0.5, 0.6) is 5.75 Å². The van der Waals surface area contributed by atoms with Crippen molar-refractivity contribution in [1.82, 2.24) is 10.0 Å². The lowest BCUT2D eigenvalue weighted by Crippen LogP contribution is -2.32. The van der Waals surface area contributed by atoms with Gasteiger partial charge in [-0.05, 0) is 68.1 Å². The van der Waals surface area contributed by atoms with E-state index in [4.69, 9.17) is 21.1 Å². The van der Waals surface area contributed by atoms with Crippen LogP contribution in [-0.4, -0.2) is 46.7 Å². The van der Waals surface area contributed by atoms with Crippen molar-refractivity contribution in [3.8, 4) is 5.75 Å². The average Bonchev–Trinajstić information content (AvgIpc) is 3.23. The van der Waals surface area contributed by atoms with E-state index in [0.717, 1.165) is 29.7 Å². The number of rotatable bonds is 9. The van der Waals surface area contributed by atoms with Gasteiger partial charge in [0, 0.05) is 18.7 Å². The number of carbonyl (C=O) groups excluding carboxylic acids is 1. The third kappa shape index (κ3) is 6.67. The topological polar surface area (TPSA) is 93.7 Å². The Morgan fingerprint density at radius 1 is 1.19 bits per heavy atom. The number of aryl methyl sites for hydroxylation is 2. The Morgan fingerprint density at radius 3 is 2.61 bits per heavy atom. The molecular weight excluding hydrogens is 440 g/mol. The molecule has 1 unspecified atom stereocenters. The molecule has 1 heterocycles. The average molecular weight is 467 g/mol. The minimum Gasteiger partial charge on any atom is -0.492 e. The fourth-order valence-electron chi connectivity index (χ4n) is 3.39. The summed E-state index contributed by atoms with van der Waals surface area (Å²) >= 11 is 6.10. The van der Waals surface area contributed by atoms with E-state index in [-0.39, 0.29) is 41.3 Å². The van der Waals surface area contributed by atoms with Gasteiger partial charge in [-0.2, -0.15) is 0 Å². The second-order valence-electron chi connectivity index (χ2n) is 7.56. The molecule has 3 rings (SSSR count). The number of nitrogens with one attached hydrogen (secondary N) is 2. The second kappa shape index (κ2) is 10.5. The summed E-state index contributed by atoms with van der Waals surface area (Å²) in [6.45, 7) is 5.35. The Balaban J connectivity index is 1.57. The molecule has 0 spiro atoms. The van der Waals surface area contributed by atoms with Crippen molar-refractivity contribution in [1.29, 1.82) is 0 Å². The Kier molecular flexibility index (Phi) is 7.94. The van der Waals surface area contributed by atoms with Crippen molar-refractivity contribution < 1.29 is 22.7 Å². The van der Waals surface area contributed by atoms with Gasteiger partial charge in [0.25, 0.3) is 5.91 Å². The van der Waals surface area contributed by atoms with Crippen LogP contribution in [0.2, 0.25) is 5.02 Å². The number of sulfonamides is 1. The predicted octanol–water partition coefficient (Wildman–Crippen LogP) is 3.22. The summed E-state index contributed by atoms with van der Waals surface area (Å²) in [5.41, 5.74) is 2.40. The molecule has 1 atom stereocenters. The van der Waals surface area contributed by atoms with Gasteiger partial charge in [0.1, 0.15) is 17.3 Å². The molecule has 1 amide bonds. The van der Waals surface area contributed by atoms with E-state index in [0.29, 0.717) is 6.61 Å². The molecule has 1 aliphatic heterocycles. The maximum Gasteiger partial charge on any atom is 0.251 e. The molecule has 0 saturated carbocycles. The van der Waals surface area contributed by atoms with Crippen LogP contribution in [-0.2, 0) is 14.8 Å². The number of halogens is 1. The van der Waals surface area contributed by atoms with E-state index in [1.807, 2.05) is 26.0 Å². The Hall–Kier alpha value is -2.13. The fourth-order valence-corrected chi connectivity index (χ4v) is 4.98. The first-order valence-corrected chi connectivity index (χ1v) is 12.0. The first-order valence-electron chi connectivity index (χ1n) is 10.1. The largest absolute Gasteiger partial charge is 0.492 e. The molecule has 0 aliphatic carbocycles. The van der Waals surface area contributed by atoms with Crippen LogP contribution in [0.25, 0.3) is 0 Å². The minimum atomic E-state index is -3.87. The van der Waals surface area contributed by atoms with Gasteiger partial charge in [0.05, 0.1) is 17.7 Å². The molecule has 1 aliphatic rings. The van der Waals surface area contributed by atoms with E-state index < -0.39 is 15.9 Å². The molecule has 31 heavy (non-hydrogen) atoms. The highest BCUT2D eigenvalue weighted by Gasteiger charge is 2.23. The van der Waals surface area contributed by atoms with Gasteiger partial charge >= 0.3 is 0 Å². The molecule has 2 aromatic carbocycles. The van der Waals surface area contributed by atoms with Gasteiger partial charge in [-0.25, -0.2) is 13.1 Å². The van der Waals surface area contributed by atoms with E-state index in [1.54, 1.807) is 0 Å². The Morgan fingerprint density at radius 2 is 1.94 bits per heavy atom. The lowest BCUT2D eigenvalue weighted by molar-refractivity contribution is 0.0946. The summed E-state index contributed by atoms with van der Waals surface area (Å²) in [6.07, 6.45) is 1.58. The minimum absolute atomic E-state index is 0.0505. The van der Waals surface area contributed by atoms with E-state index in [2.05, 4.69) is 16.1 Å². The quantitative estimate of drug-likeness (QED) is 0.553. The molecule has 7 nitrogen and oxygen atoms in total. The van der Waals surface area contributed by atoms with Crippen LogP contribution in [0.3, 0.4) is 0 Å². The monoisotopic (exact) mass is 466 g/mol. The van der Waals surface area contributed by atoms with Crippen LogP contribution in [0, 0.1) is 13.8 Å². The SMILES string of the molecule is Cc1cc(C)cc(OCCNC(=O)c2ccc(Cl)c(S(=O)(=O)NCC3CCCO3)c2)c1. The summed E-state index contributed by atoms with van der Waals surface area (Å²) in [7, 11) is -3.87. The maximum absolute atomic E-state index is 12.7. The number of ether oxygens (including phenoxy) is 2. The highest BCUT2D eigenvalue weighted by molar-refractivity contribution is 7.89. The molecule has 168 valence electrons. The summed E-state index contributed by atoms with van der Waals surface area (Å²) in [5.74, 6) is 0.334. The molecule has 0 aromatic heterocycles. The lowest BCUT2D eigenvalue weighted by atomic mass is 10.1. The smallest absolute Gasteiger partial charge is 0.251 e. The number of hydrogen-bond acceptors (Lipinski definition) is 5. The summed E-state index contributed by atoms with van der Waals surface area (Å²) < 4.78 is 38.9. The van der Waals surface area contributed by atoms with Crippen LogP contribution in [0.4, 0.5) is 0 Å². The summed E-state index contributed by atoms with van der Waals surface area (Å²) in [5, 5.41) is 2.78. The molecule has 0 bridgehead atoms. The van der Waals surface area contributed by atoms with Gasteiger partial charge in [-0.3, -0.25) is 4.79 Å². The van der Waals surface area contributed by atoms with E-state index in [1.165, 1.54) is 18.2 Å².